The average Bonchev–Trinajstić information content (AvgIpc) is 3.01. The smallest absolute Gasteiger partial charge is 0.422 e. The molecule has 11 heteroatoms. The van der Waals surface area contributed by atoms with Crippen LogP contribution < -0.4 is 10.1 Å². The summed E-state index contributed by atoms with van der Waals surface area (Å²) in [6, 6.07) is 6.35. The molecule has 0 atom stereocenters. The molecule has 0 amide bonds. The number of rotatable bonds is 5. The van der Waals surface area contributed by atoms with Gasteiger partial charge in [-0.1, -0.05) is 6.07 Å². The molecule has 120 valence electrons. The van der Waals surface area contributed by atoms with Gasteiger partial charge in [0.05, 0.1) is 5.69 Å². The number of aromatic amines is 1. The Morgan fingerprint density at radius 1 is 1.48 bits per heavy atom. The summed E-state index contributed by atoms with van der Waals surface area (Å²) < 4.78 is 42.1. The third-order valence-electron chi connectivity index (χ3n) is 2.43. The number of ether oxygens (including phenoxy) is 1. The SMILES string of the molecule is N#CC(=CNc1c(Br)cccc1OCC(F)(F)F)c1nn[nH]n1. The van der Waals surface area contributed by atoms with Crippen LogP contribution in [-0.2, 0) is 0 Å². The lowest BCUT2D eigenvalue weighted by molar-refractivity contribution is -0.153. The zero-order chi connectivity index (χ0) is 16.9. The van der Waals surface area contributed by atoms with E-state index in [9.17, 15) is 13.2 Å². The lowest BCUT2D eigenvalue weighted by Gasteiger charge is -2.14. The molecule has 2 rings (SSSR count). The van der Waals surface area contributed by atoms with Crippen molar-refractivity contribution >= 4 is 27.2 Å². The minimum Gasteiger partial charge on any atom is -0.482 e. The number of hydrogen-bond donors (Lipinski definition) is 2. The molecule has 0 spiro atoms. The van der Waals surface area contributed by atoms with Crippen LogP contribution in [0.5, 0.6) is 5.75 Å². The van der Waals surface area contributed by atoms with Crippen LogP contribution in [0.1, 0.15) is 5.82 Å². The highest BCUT2D eigenvalue weighted by Crippen LogP contribution is 2.34. The van der Waals surface area contributed by atoms with E-state index in [1.54, 1.807) is 6.07 Å². The zero-order valence-electron chi connectivity index (χ0n) is 11.2. The van der Waals surface area contributed by atoms with Crippen molar-refractivity contribution in [2.24, 2.45) is 0 Å². The first-order chi connectivity index (χ1) is 10.9. The van der Waals surface area contributed by atoms with E-state index in [2.05, 4.69) is 41.9 Å². The van der Waals surface area contributed by atoms with Crippen LogP contribution in [0.2, 0.25) is 0 Å². The number of aromatic nitrogens is 4. The van der Waals surface area contributed by atoms with E-state index in [-0.39, 0.29) is 22.8 Å². The van der Waals surface area contributed by atoms with Gasteiger partial charge in [-0.15, -0.1) is 10.2 Å². The maximum Gasteiger partial charge on any atom is 0.422 e. The van der Waals surface area contributed by atoms with Gasteiger partial charge >= 0.3 is 6.18 Å². The van der Waals surface area contributed by atoms with Crippen molar-refractivity contribution < 1.29 is 17.9 Å². The molecule has 1 heterocycles. The normalized spacial score (nSPS) is 11.9. The van der Waals surface area contributed by atoms with Gasteiger partial charge in [-0.25, -0.2) is 0 Å². The number of halogens is 4. The monoisotopic (exact) mass is 388 g/mol. The third kappa shape index (κ3) is 4.68. The number of nitrogens with zero attached hydrogens (tertiary/aromatic N) is 4. The number of alkyl halides is 3. The van der Waals surface area contributed by atoms with Crippen LogP contribution in [0.4, 0.5) is 18.9 Å². The molecule has 0 radical (unpaired) electrons. The zero-order valence-corrected chi connectivity index (χ0v) is 12.8. The lowest BCUT2D eigenvalue weighted by atomic mass is 10.2. The van der Waals surface area contributed by atoms with Crippen molar-refractivity contribution in [2.45, 2.75) is 6.18 Å². The highest BCUT2D eigenvalue weighted by Gasteiger charge is 2.29. The van der Waals surface area contributed by atoms with Crippen molar-refractivity contribution in [3.63, 3.8) is 0 Å². The molecule has 2 aromatic rings. The molecule has 0 aliphatic rings. The molecule has 0 fully saturated rings. The summed E-state index contributed by atoms with van der Waals surface area (Å²) in [7, 11) is 0. The van der Waals surface area contributed by atoms with Crippen LogP contribution in [0.3, 0.4) is 0 Å². The topological polar surface area (TPSA) is 99.5 Å². The maximum absolute atomic E-state index is 12.3. The first-order valence-electron chi connectivity index (χ1n) is 5.99. The van der Waals surface area contributed by atoms with Crippen molar-refractivity contribution in [2.75, 3.05) is 11.9 Å². The standard InChI is InChI=1S/C12H8BrF3N6O/c13-8-2-1-3-9(23-6-12(14,15)16)10(8)18-5-7(4-17)11-19-21-22-20-11/h1-3,5,18H,6H2,(H,19,20,21,22). The first kappa shape index (κ1) is 16.8. The predicted molar refractivity (Wildman–Crippen MR) is 77.1 cm³/mol. The molecule has 0 saturated heterocycles. The van der Waals surface area contributed by atoms with E-state index in [1.807, 2.05) is 6.07 Å². The van der Waals surface area contributed by atoms with E-state index < -0.39 is 12.8 Å². The summed E-state index contributed by atoms with van der Waals surface area (Å²) in [5.41, 5.74) is 0.268. The molecule has 7 nitrogen and oxygen atoms in total. The number of H-pyrrole nitrogens is 1. The fourth-order valence-electron chi connectivity index (χ4n) is 1.49. The van der Waals surface area contributed by atoms with Crippen LogP contribution >= 0.6 is 15.9 Å². The Balaban J connectivity index is 2.24. The summed E-state index contributed by atoms with van der Waals surface area (Å²) in [6.07, 6.45) is -3.22. The Morgan fingerprint density at radius 3 is 2.87 bits per heavy atom. The van der Waals surface area contributed by atoms with E-state index in [0.29, 0.717) is 4.47 Å². The van der Waals surface area contributed by atoms with Gasteiger partial charge in [0.1, 0.15) is 17.4 Å². The number of benzene rings is 1. The van der Waals surface area contributed by atoms with Gasteiger partial charge in [0, 0.05) is 10.7 Å². The Bertz CT molecular complexity index is 738. The molecular formula is C12H8BrF3N6O. The molecule has 23 heavy (non-hydrogen) atoms. The number of para-hydroxylation sites is 1. The largest absolute Gasteiger partial charge is 0.482 e. The van der Waals surface area contributed by atoms with Crippen LogP contribution in [0, 0.1) is 11.3 Å². The quantitative estimate of drug-likeness (QED) is 0.763. The van der Waals surface area contributed by atoms with Gasteiger partial charge < -0.3 is 10.1 Å². The van der Waals surface area contributed by atoms with Gasteiger partial charge in [0.15, 0.2) is 6.61 Å². The number of anilines is 1. The van der Waals surface area contributed by atoms with Gasteiger partial charge in [-0.2, -0.15) is 23.6 Å². The van der Waals surface area contributed by atoms with Gasteiger partial charge in [-0.05, 0) is 33.3 Å². The molecule has 0 unspecified atom stereocenters. The molecule has 0 aliphatic heterocycles. The fraction of sp³-hybridized carbons (Fsp3) is 0.167. The van der Waals surface area contributed by atoms with Crippen LogP contribution in [0.15, 0.2) is 28.9 Å². The van der Waals surface area contributed by atoms with E-state index in [1.165, 1.54) is 18.3 Å². The second-order valence-corrected chi connectivity index (χ2v) is 4.92. The Kier molecular flexibility index (Phi) is 5.17. The minimum absolute atomic E-state index is 0.0293. The van der Waals surface area contributed by atoms with E-state index >= 15 is 0 Å². The van der Waals surface area contributed by atoms with Crippen LogP contribution in [0.25, 0.3) is 5.57 Å². The van der Waals surface area contributed by atoms with Gasteiger partial charge in [-0.3, -0.25) is 0 Å². The number of nitriles is 1. The van der Waals surface area contributed by atoms with Crippen molar-refractivity contribution in [1.29, 1.82) is 5.26 Å². The first-order valence-corrected chi connectivity index (χ1v) is 6.78. The number of hydrogen-bond acceptors (Lipinski definition) is 6. The molecule has 0 bridgehead atoms. The maximum atomic E-state index is 12.3. The summed E-state index contributed by atoms with van der Waals surface area (Å²) >= 11 is 3.20. The second-order valence-electron chi connectivity index (χ2n) is 4.07. The summed E-state index contributed by atoms with van der Waals surface area (Å²) in [5.74, 6) is 0.0168. The number of nitrogens with one attached hydrogen (secondary N) is 2. The molecule has 1 aromatic heterocycles. The summed E-state index contributed by atoms with van der Waals surface area (Å²) in [4.78, 5) is 0. The van der Waals surface area contributed by atoms with Crippen LogP contribution in [-0.4, -0.2) is 33.4 Å². The van der Waals surface area contributed by atoms with E-state index in [4.69, 9.17) is 10.00 Å². The van der Waals surface area contributed by atoms with Gasteiger partial charge in [0.25, 0.3) is 0 Å². The summed E-state index contributed by atoms with van der Waals surface area (Å²) in [6.45, 7) is -1.43. The van der Waals surface area contributed by atoms with Crippen molar-refractivity contribution in [3.8, 4) is 11.8 Å². The predicted octanol–water partition coefficient (Wildman–Crippen LogP) is 2.88. The third-order valence-corrected chi connectivity index (χ3v) is 3.10. The Labute approximate surface area is 136 Å². The molecule has 2 N–H and O–H groups in total. The van der Waals surface area contributed by atoms with Crippen molar-refractivity contribution in [3.05, 3.63) is 34.7 Å². The lowest BCUT2D eigenvalue weighted by Crippen LogP contribution is -2.19. The highest BCUT2D eigenvalue weighted by atomic mass is 79.9. The highest BCUT2D eigenvalue weighted by molar-refractivity contribution is 9.10. The van der Waals surface area contributed by atoms with Gasteiger partial charge in [0.2, 0.25) is 5.82 Å². The number of allylic oxidation sites excluding steroid dienone is 1. The summed E-state index contributed by atoms with van der Waals surface area (Å²) in [5, 5.41) is 24.6. The molecule has 0 aliphatic carbocycles. The average molecular weight is 389 g/mol. The Hall–Kier alpha value is -2.61. The Morgan fingerprint density at radius 2 is 2.26 bits per heavy atom. The molecule has 0 saturated carbocycles. The molecule has 1 aromatic carbocycles. The number of tetrazole rings is 1. The van der Waals surface area contributed by atoms with Crippen molar-refractivity contribution in [1.82, 2.24) is 20.6 Å². The fourth-order valence-corrected chi connectivity index (χ4v) is 1.95. The molecular weight excluding hydrogens is 381 g/mol. The second kappa shape index (κ2) is 7.10. The van der Waals surface area contributed by atoms with E-state index in [0.717, 1.165) is 0 Å². The minimum atomic E-state index is -4.46.